The lowest BCUT2D eigenvalue weighted by Crippen LogP contribution is -2.53. The molecule has 0 spiro atoms. The monoisotopic (exact) mass is 965 g/mol. The molecule has 0 aliphatic carbocycles. The van der Waals surface area contributed by atoms with Crippen molar-refractivity contribution >= 4 is 46.7 Å². The number of hydrogen-bond acceptors (Lipinski definition) is 11. The van der Waals surface area contributed by atoms with Gasteiger partial charge in [-0.05, 0) is 92.5 Å². The lowest BCUT2D eigenvalue weighted by molar-refractivity contribution is -0.137. The lowest BCUT2D eigenvalue weighted by atomic mass is 9.90. The number of carbonyl (C=O) groups excluding carboxylic acids is 4. The summed E-state index contributed by atoms with van der Waals surface area (Å²) in [5, 5.41) is 6.35. The second-order valence-electron chi connectivity index (χ2n) is 18.6. The number of imidazole rings is 2. The lowest BCUT2D eigenvalue weighted by Gasteiger charge is -2.35. The predicted octanol–water partition coefficient (Wildman–Crippen LogP) is 8.32. The quantitative estimate of drug-likeness (QED) is 0.0885. The standard InChI is InChI=1S/C50H60FN9O8S/c1-8-58(46(61)42(26(2)3)56-49(63)65-6)25-40-52-23-35(54-40)31-20-33(51)41-38-21-32-19-30(11-12-36(32)60(38)48(68-39(41)22-31)44-27(4)18-28(5)69-44)34-24-53-45(55-34)37-10-9-15-59(37)47(62)43(57-50(64)66-7)29-13-16-67-17-14-29/h11-12,18-24,26-27,29,37,42-44,48H,8-10,13-17,25H2,1-7H3,(H,52,54)(H,53,55)(H,56,63)(H,57,64)/t27?,37-,42-,43-,44?,48?/m0/s1. The van der Waals surface area contributed by atoms with E-state index in [1.54, 1.807) is 29.1 Å². The van der Waals surface area contributed by atoms with Crippen molar-refractivity contribution in [2.75, 3.05) is 40.5 Å². The first-order valence-corrected chi connectivity index (χ1v) is 24.6. The van der Waals surface area contributed by atoms with Gasteiger partial charge in [-0.3, -0.25) is 9.59 Å². The van der Waals surface area contributed by atoms with Gasteiger partial charge in [-0.2, -0.15) is 0 Å². The Balaban J connectivity index is 1.00. The fraction of sp³-hybridized carbons (Fsp3) is 0.480. The molecule has 69 heavy (non-hydrogen) atoms. The van der Waals surface area contributed by atoms with Crippen molar-refractivity contribution < 1.29 is 42.5 Å². The first-order chi connectivity index (χ1) is 33.3. The Morgan fingerprint density at radius 1 is 0.971 bits per heavy atom. The molecule has 6 atom stereocenters. The molecule has 0 saturated carbocycles. The number of methoxy groups -OCH3 is 2. The number of allylic oxidation sites excluding steroid dienone is 2. The highest BCUT2D eigenvalue weighted by Gasteiger charge is 2.42. The number of rotatable bonds is 13. The summed E-state index contributed by atoms with van der Waals surface area (Å²) >= 11 is 1.76. The van der Waals surface area contributed by atoms with Gasteiger partial charge in [0, 0.05) is 42.8 Å². The molecule has 3 unspecified atom stereocenters. The van der Waals surface area contributed by atoms with Gasteiger partial charge in [0.05, 0.1) is 72.6 Å². The SMILES string of the molecule is CCN(Cc1ncc(-c2cc(F)c3c(c2)OC(C2SC(C)=CC2C)n2c-3cc3cc(-c4cnc([C@@H]5CCCN5C(=O)[C@@H](NC(=O)OC)C5CCOCC5)[nH]4)ccc32)[nH]1)C(=O)[C@@H](NC(=O)OC)C(C)C. The van der Waals surface area contributed by atoms with Crippen molar-refractivity contribution in [3.05, 3.63) is 77.2 Å². The highest BCUT2D eigenvalue weighted by atomic mass is 32.2. The molecule has 4 amide bonds. The van der Waals surface area contributed by atoms with Gasteiger partial charge in [0.1, 0.15) is 35.3 Å². The third-order valence-electron chi connectivity index (χ3n) is 13.9. The zero-order chi connectivity index (χ0) is 48.7. The number of carbonyl (C=O) groups is 4. The number of halogens is 1. The predicted molar refractivity (Wildman–Crippen MR) is 258 cm³/mol. The summed E-state index contributed by atoms with van der Waals surface area (Å²) in [6.07, 6.45) is 6.69. The average molecular weight is 966 g/mol. The number of benzene rings is 2. The molecule has 2 fully saturated rings. The van der Waals surface area contributed by atoms with Crippen LogP contribution in [0.15, 0.2) is 59.8 Å². The number of H-pyrrole nitrogens is 2. The first kappa shape index (κ1) is 47.7. The van der Waals surface area contributed by atoms with Crippen LogP contribution in [0.3, 0.4) is 0 Å². The molecule has 0 radical (unpaired) electrons. The van der Waals surface area contributed by atoms with Gasteiger partial charge >= 0.3 is 12.2 Å². The molecular weight excluding hydrogens is 906 g/mol. The number of likely N-dealkylation sites (N-methyl/N-ethyl adjacent to an activating group) is 1. The van der Waals surface area contributed by atoms with Crippen molar-refractivity contribution in [3.8, 4) is 39.5 Å². The van der Waals surface area contributed by atoms with E-state index in [4.69, 9.17) is 23.9 Å². The van der Waals surface area contributed by atoms with Crippen LogP contribution in [0.1, 0.15) is 84.2 Å². The van der Waals surface area contributed by atoms with E-state index < -0.39 is 36.3 Å². The van der Waals surface area contributed by atoms with Crippen LogP contribution in [0.5, 0.6) is 5.75 Å². The second kappa shape index (κ2) is 19.9. The van der Waals surface area contributed by atoms with Crippen molar-refractivity contribution in [1.29, 1.82) is 0 Å². The Morgan fingerprint density at radius 3 is 2.42 bits per heavy atom. The van der Waals surface area contributed by atoms with Gasteiger partial charge in [-0.1, -0.05) is 32.9 Å². The molecule has 2 saturated heterocycles. The van der Waals surface area contributed by atoms with Crippen molar-refractivity contribution in [3.63, 3.8) is 0 Å². The molecule has 2 aromatic carbocycles. The van der Waals surface area contributed by atoms with Gasteiger partial charge < -0.3 is 53.9 Å². The van der Waals surface area contributed by atoms with Crippen LogP contribution in [0.25, 0.3) is 44.7 Å². The molecule has 19 heteroatoms. The van der Waals surface area contributed by atoms with E-state index in [-0.39, 0.29) is 47.4 Å². The van der Waals surface area contributed by atoms with E-state index in [0.29, 0.717) is 79.1 Å². The number of alkyl carbamates (subject to hydrolysis) is 2. The number of amides is 4. The second-order valence-corrected chi connectivity index (χ2v) is 20.0. The minimum Gasteiger partial charge on any atom is -0.468 e. The molecule has 4 aliphatic rings. The van der Waals surface area contributed by atoms with E-state index in [1.807, 2.05) is 49.9 Å². The minimum absolute atomic E-state index is 0.000326. The third-order valence-corrected chi connectivity index (χ3v) is 15.3. The first-order valence-electron chi connectivity index (χ1n) is 23.7. The summed E-state index contributed by atoms with van der Waals surface area (Å²) in [7, 11) is 2.55. The van der Waals surface area contributed by atoms with Crippen molar-refractivity contribution in [2.45, 2.75) is 96.5 Å². The zero-order valence-electron chi connectivity index (χ0n) is 40.0. The smallest absolute Gasteiger partial charge is 0.407 e. The van der Waals surface area contributed by atoms with Crippen LogP contribution >= 0.6 is 11.8 Å². The van der Waals surface area contributed by atoms with Gasteiger partial charge in [-0.25, -0.2) is 23.9 Å². The van der Waals surface area contributed by atoms with Gasteiger partial charge in [0.15, 0.2) is 6.23 Å². The Bertz CT molecular complexity index is 2780. The summed E-state index contributed by atoms with van der Waals surface area (Å²) in [6, 6.07) is 9.65. The minimum atomic E-state index is -0.792. The number of nitrogens with zero attached hydrogens (tertiary/aromatic N) is 5. The molecule has 5 aromatic rings. The normalized spacial score (nSPS) is 21.0. The summed E-state index contributed by atoms with van der Waals surface area (Å²) in [5.41, 5.74) is 4.68. The highest BCUT2D eigenvalue weighted by molar-refractivity contribution is 8.03. The molecular formula is C50H60FN9O8S. The van der Waals surface area contributed by atoms with Crippen molar-refractivity contribution in [2.24, 2.45) is 17.8 Å². The zero-order valence-corrected chi connectivity index (χ0v) is 40.8. The Labute approximate surface area is 404 Å². The number of nitrogens with one attached hydrogen (secondary N) is 4. The van der Waals surface area contributed by atoms with Gasteiger partial charge in [0.2, 0.25) is 11.8 Å². The van der Waals surface area contributed by atoms with Gasteiger partial charge in [-0.15, -0.1) is 11.8 Å². The molecule has 366 valence electrons. The fourth-order valence-electron chi connectivity index (χ4n) is 10.3. The maximum Gasteiger partial charge on any atom is 0.407 e. The number of aromatic amines is 2. The van der Waals surface area contributed by atoms with Crippen LogP contribution < -0.4 is 15.4 Å². The molecule has 4 N–H and O–H groups in total. The molecule has 0 bridgehead atoms. The molecule has 17 nitrogen and oxygen atoms in total. The largest absolute Gasteiger partial charge is 0.468 e. The van der Waals surface area contributed by atoms with Crippen LogP contribution in [-0.4, -0.2) is 116 Å². The fourth-order valence-corrected chi connectivity index (χ4v) is 11.6. The number of hydrogen-bond donors (Lipinski definition) is 4. The van der Waals surface area contributed by atoms with E-state index in [1.165, 1.54) is 25.2 Å². The maximum absolute atomic E-state index is 16.8. The topological polar surface area (TPSA) is 198 Å². The molecule has 3 aromatic heterocycles. The number of ether oxygens (including phenoxy) is 4. The Morgan fingerprint density at radius 2 is 1.71 bits per heavy atom. The van der Waals surface area contributed by atoms with E-state index in [0.717, 1.165) is 35.0 Å². The van der Waals surface area contributed by atoms with Crippen molar-refractivity contribution in [1.82, 2.24) is 44.9 Å². The number of thioether (sulfide) groups is 1. The Hall–Kier alpha value is -6.34. The van der Waals surface area contributed by atoms with Crippen LogP contribution in [0.2, 0.25) is 0 Å². The average Bonchev–Trinajstić information content (AvgIpc) is 4.21. The molecule has 9 rings (SSSR count). The van der Waals surface area contributed by atoms with Crippen LogP contribution in [0, 0.1) is 23.6 Å². The summed E-state index contributed by atoms with van der Waals surface area (Å²) in [6.45, 7) is 11.9. The summed E-state index contributed by atoms with van der Waals surface area (Å²) in [4.78, 5) is 73.0. The van der Waals surface area contributed by atoms with E-state index in [9.17, 15) is 19.2 Å². The number of aromatic nitrogens is 5. The summed E-state index contributed by atoms with van der Waals surface area (Å²) in [5.74, 6) is 0.596. The van der Waals surface area contributed by atoms with Crippen LogP contribution in [-0.2, 0) is 30.3 Å². The Kier molecular flexibility index (Phi) is 13.8. The number of likely N-dealkylation sites (tertiary alicyclic amines) is 1. The molecule has 7 heterocycles. The van der Waals surface area contributed by atoms with Crippen LogP contribution in [0.4, 0.5) is 14.0 Å². The van der Waals surface area contributed by atoms with E-state index in [2.05, 4.69) is 56.1 Å². The number of fused-ring (bicyclic) bond motifs is 5. The summed E-state index contributed by atoms with van der Waals surface area (Å²) < 4.78 is 41.1. The maximum atomic E-state index is 16.8. The highest BCUT2D eigenvalue weighted by Crippen LogP contribution is 2.51. The third kappa shape index (κ3) is 9.42. The molecule has 4 aliphatic heterocycles. The van der Waals surface area contributed by atoms with Gasteiger partial charge in [0.25, 0.3) is 0 Å². The van der Waals surface area contributed by atoms with E-state index >= 15 is 4.39 Å².